The van der Waals surface area contributed by atoms with E-state index in [9.17, 15) is 9.59 Å². The van der Waals surface area contributed by atoms with Crippen LogP contribution in [0, 0.1) is 17.8 Å². The van der Waals surface area contributed by atoms with Crippen LogP contribution in [0.4, 0.5) is 5.82 Å². The summed E-state index contributed by atoms with van der Waals surface area (Å²) in [6, 6.07) is 0. The lowest BCUT2D eigenvalue weighted by Crippen LogP contribution is -2.32. The van der Waals surface area contributed by atoms with Crippen molar-refractivity contribution in [2.45, 2.75) is 26.3 Å². The third-order valence-corrected chi connectivity index (χ3v) is 4.14. The molecule has 3 rings (SSSR count). The molecule has 1 aliphatic carbocycles. The van der Waals surface area contributed by atoms with Gasteiger partial charge in [-0.25, -0.2) is 10.8 Å². The number of nitrogen functional groups attached to an aromatic ring is 1. The average Bonchev–Trinajstić information content (AvgIpc) is 2.93. The largest absolute Gasteiger partial charge is 0.307 e. The van der Waals surface area contributed by atoms with Gasteiger partial charge >= 0.3 is 0 Å². The van der Waals surface area contributed by atoms with E-state index in [0.29, 0.717) is 17.4 Å². The van der Waals surface area contributed by atoms with E-state index in [-0.39, 0.29) is 30.2 Å². The number of nitrogens with one attached hydrogen (secondary N) is 1. The summed E-state index contributed by atoms with van der Waals surface area (Å²) in [4.78, 5) is 34.1. The fourth-order valence-electron chi connectivity index (χ4n) is 3.18. The van der Waals surface area contributed by atoms with Gasteiger partial charge in [-0.1, -0.05) is 6.92 Å². The van der Waals surface area contributed by atoms with Crippen LogP contribution >= 0.6 is 0 Å². The highest BCUT2D eigenvalue weighted by Gasteiger charge is 2.51. The third kappa shape index (κ3) is 2.03. The molecule has 2 aliphatic rings. The number of amides is 2. The average molecular weight is 275 g/mol. The van der Waals surface area contributed by atoms with Crippen molar-refractivity contribution in [1.29, 1.82) is 0 Å². The van der Waals surface area contributed by atoms with Gasteiger partial charge in [-0.15, -0.1) is 0 Å². The summed E-state index contributed by atoms with van der Waals surface area (Å²) < 4.78 is 0. The Labute approximate surface area is 116 Å². The predicted molar refractivity (Wildman–Crippen MR) is 70.8 cm³/mol. The minimum atomic E-state index is -0.129. The smallest absolute Gasteiger partial charge is 0.233 e. The number of carbonyl (C=O) groups excluding carboxylic acids is 2. The zero-order chi connectivity index (χ0) is 14.3. The molecule has 7 nitrogen and oxygen atoms in total. The summed E-state index contributed by atoms with van der Waals surface area (Å²) >= 11 is 0. The molecule has 106 valence electrons. The molecule has 0 radical (unpaired) electrons. The van der Waals surface area contributed by atoms with Crippen LogP contribution in [0.15, 0.2) is 12.4 Å². The topological polar surface area (TPSA) is 101 Å². The quantitative estimate of drug-likeness (QED) is 0.467. The molecular formula is C13H17N5O2. The highest BCUT2D eigenvalue weighted by Crippen LogP contribution is 2.43. The molecule has 2 unspecified atom stereocenters. The SMILES string of the molecule is CC1CC2C(=O)N(Cc3cnc(NN)cn3)C(=O)C2C1. The Kier molecular flexibility index (Phi) is 3.13. The molecule has 2 heterocycles. The van der Waals surface area contributed by atoms with Gasteiger partial charge in [0.15, 0.2) is 5.82 Å². The second kappa shape index (κ2) is 4.82. The number of carbonyl (C=O) groups is 2. The molecular weight excluding hydrogens is 258 g/mol. The van der Waals surface area contributed by atoms with Crippen LogP contribution in [0.2, 0.25) is 0 Å². The van der Waals surface area contributed by atoms with Gasteiger partial charge in [0, 0.05) is 0 Å². The fourth-order valence-corrected chi connectivity index (χ4v) is 3.18. The summed E-state index contributed by atoms with van der Waals surface area (Å²) in [6.45, 7) is 2.28. The molecule has 0 aromatic carbocycles. The number of likely N-dealkylation sites (tertiary alicyclic amines) is 1. The van der Waals surface area contributed by atoms with Gasteiger partial charge in [0.25, 0.3) is 0 Å². The lowest BCUT2D eigenvalue weighted by Gasteiger charge is -2.16. The Morgan fingerprint density at radius 2 is 1.90 bits per heavy atom. The number of imide groups is 1. The Morgan fingerprint density at radius 1 is 1.25 bits per heavy atom. The molecule has 1 aromatic rings. The van der Waals surface area contributed by atoms with Crippen molar-refractivity contribution in [3.05, 3.63) is 18.1 Å². The minimum absolute atomic E-state index is 0.0628. The lowest BCUT2D eigenvalue weighted by molar-refractivity contribution is -0.141. The molecule has 2 amide bonds. The summed E-state index contributed by atoms with van der Waals surface area (Å²) in [6.07, 6.45) is 4.62. The van der Waals surface area contributed by atoms with Gasteiger partial charge in [0.1, 0.15) is 0 Å². The standard InChI is InChI=1S/C13H17N5O2/c1-7-2-9-10(3-7)13(20)18(12(9)19)6-8-4-16-11(17-14)5-15-8/h4-5,7,9-10H,2-3,6,14H2,1H3,(H,16,17). The van der Waals surface area contributed by atoms with Crippen molar-refractivity contribution in [2.75, 3.05) is 5.43 Å². The number of anilines is 1. The Balaban J connectivity index is 1.75. The van der Waals surface area contributed by atoms with Gasteiger partial charge in [-0.2, -0.15) is 0 Å². The third-order valence-electron chi connectivity index (χ3n) is 4.14. The molecule has 0 bridgehead atoms. The number of aromatic nitrogens is 2. The number of nitrogens with two attached hydrogens (primary N) is 1. The maximum Gasteiger partial charge on any atom is 0.233 e. The number of fused-ring (bicyclic) bond motifs is 1. The van der Waals surface area contributed by atoms with Crippen molar-refractivity contribution >= 4 is 17.6 Å². The zero-order valence-corrected chi connectivity index (χ0v) is 11.2. The molecule has 1 aromatic heterocycles. The first-order valence-corrected chi connectivity index (χ1v) is 6.73. The summed E-state index contributed by atoms with van der Waals surface area (Å²) in [7, 11) is 0. The van der Waals surface area contributed by atoms with Crippen molar-refractivity contribution in [1.82, 2.24) is 14.9 Å². The summed E-state index contributed by atoms with van der Waals surface area (Å²) in [5, 5.41) is 0. The van der Waals surface area contributed by atoms with Crippen LogP contribution in [0.3, 0.4) is 0 Å². The van der Waals surface area contributed by atoms with Crippen molar-refractivity contribution < 1.29 is 9.59 Å². The molecule has 0 spiro atoms. The van der Waals surface area contributed by atoms with Gasteiger partial charge in [0.05, 0.1) is 36.5 Å². The maximum atomic E-state index is 12.3. The van der Waals surface area contributed by atoms with Crippen molar-refractivity contribution in [3.63, 3.8) is 0 Å². The second-order valence-electron chi connectivity index (χ2n) is 5.59. The second-order valence-corrected chi connectivity index (χ2v) is 5.59. The van der Waals surface area contributed by atoms with Gasteiger partial charge < -0.3 is 5.43 Å². The maximum absolute atomic E-state index is 12.3. The molecule has 3 N–H and O–H groups in total. The van der Waals surface area contributed by atoms with Gasteiger partial charge in [-0.3, -0.25) is 19.5 Å². The molecule has 1 saturated carbocycles. The monoisotopic (exact) mass is 275 g/mol. The predicted octanol–water partition coefficient (Wildman–Crippen LogP) is 0.293. The first-order valence-electron chi connectivity index (χ1n) is 6.73. The first kappa shape index (κ1) is 13.0. The van der Waals surface area contributed by atoms with E-state index in [1.54, 1.807) is 0 Å². The van der Waals surface area contributed by atoms with Crippen LogP contribution in [0.5, 0.6) is 0 Å². The number of nitrogens with zero attached hydrogens (tertiary/aromatic N) is 3. The Morgan fingerprint density at radius 3 is 2.40 bits per heavy atom. The highest BCUT2D eigenvalue weighted by atomic mass is 16.2. The van der Waals surface area contributed by atoms with Crippen LogP contribution in [0.25, 0.3) is 0 Å². The lowest BCUT2D eigenvalue weighted by atomic mass is 10.00. The van der Waals surface area contributed by atoms with Gasteiger partial charge in [-0.05, 0) is 18.8 Å². The molecule has 1 aliphatic heterocycles. The Hall–Kier alpha value is -2.02. The molecule has 20 heavy (non-hydrogen) atoms. The Bertz CT molecular complexity index is 520. The molecule has 1 saturated heterocycles. The number of hydrazine groups is 1. The van der Waals surface area contributed by atoms with E-state index in [1.165, 1.54) is 17.3 Å². The van der Waals surface area contributed by atoms with Crippen LogP contribution in [0.1, 0.15) is 25.5 Å². The van der Waals surface area contributed by atoms with Crippen LogP contribution in [-0.2, 0) is 16.1 Å². The summed E-state index contributed by atoms with van der Waals surface area (Å²) in [5.74, 6) is 5.72. The van der Waals surface area contributed by atoms with E-state index < -0.39 is 0 Å². The molecule has 7 heteroatoms. The molecule has 2 fully saturated rings. The van der Waals surface area contributed by atoms with E-state index in [0.717, 1.165) is 12.8 Å². The van der Waals surface area contributed by atoms with E-state index in [4.69, 9.17) is 5.84 Å². The van der Waals surface area contributed by atoms with E-state index >= 15 is 0 Å². The summed E-state index contributed by atoms with van der Waals surface area (Å²) in [5.41, 5.74) is 2.96. The number of hydrogen-bond donors (Lipinski definition) is 2. The normalized spacial score (nSPS) is 28.9. The number of rotatable bonds is 3. The first-order chi connectivity index (χ1) is 9.60. The zero-order valence-electron chi connectivity index (χ0n) is 11.2. The van der Waals surface area contributed by atoms with E-state index in [1.807, 2.05) is 0 Å². The van der Waals surface area contributed by atoms with E-state index in [2.05, 4.69) is 22.3 Å². The van der Waals surface area contributed by atoms with Crippen LogP contribution < -0.4 is 11.3 Å². The number of hydrogen-bond acceptors (Lipinski definition) is 6. The highest BCUT2D eigenvalue weighted by molar-refractivity contribution is 6.05. The molecule has 2 atom stereocenters. The van der Waals surface area contributed by atoms with Crippen molar-refractivity contribution in [3.8, 4) is 0 Å². The van der Waals surface area contributed by atoms with Gasteiger partial charge in [0.2, 0.25) is 11.8 Å². The minimum Gasteiger partial charge on any atom is -0.307 e. The van der Waals surface area contributed by atoms with Crippen molar-refractivity contribution in [2.24, 2.45) is 23.6 Å². The fraction of sp³-hybridized carbons (Fsp3) is 0.538. The van der Waals surface area contributed by atoms with Crippen LogP contribution in [-0.4, -0.2) is 26.7 Å².